The largest absolute Gasteiger partial charge is 0.445 e. The first-order valence-electron chi connectivity index (χ1n) is 4.25. The molecule has 0 aliphatic carbocycles. The lowest BCUT2D eigenvalue weighted by Crippen LogP contribution is -2.40. The number of amides is 1. The van der Waals surface area contributed by atoms with Crippen molar-refractivity contribution in [1.82, 2.24) is 5.32 Å². The van der Waals surface area contributed by atoms with Gasteiger partial charge in [0.25, 0.3) is 0 Å². The van der Waals surface area contributed by atoms with Gasteiger partial charge in [0.15, 0.2) is 0 Å². The third-order valence-corrected chi connectivity index (χ3v) is 1.71. The average molecular weight is 187 g/mol. The van der Waals surface area contributed by atoms with Gasteiger partial charge in [-0.05, 0) is 13.3 Å². The molecule has 0 aliphatic heterocycles. The fraction of sp³-hybridized carbons (Fsp3) is 0.667. The second-order valence-corrected chi connectivity index (χ2v) is 3.09. The van der Waals surface area contributed by atoms with Crippen molar-refractivity contribution in [3.05, 3.63) is 12.7 Å². The fourth-order valence-corrected chi connectivity index (χ4v) is 0.573. The Morgan fingerprint density at radius 1 is 1.77 bits per heavy atom. The van der Waals surface area contributed by atoms with Gasteiger partial charge in [-0.15, -0.1) is 0 Å². The number of carbonyl (C=O) groups excluding carboxylic acids is 1. The van der Waals surface area contributed by atoms with E-state index >= 15 is 0 Å². The van der Waals surface area contributed by atoms with E-state index in [1.54, 1.807) is 6.92 Å². The Labute approximate surface area is 78.6 Å². The van der Waals surface area contributed by atoms with Crippen LogP contribution in [0.15, 0.2) is 12.7 Å². The van der Waals surface area contributed by atoms with Gasteiger partial charge in [-0.2, -0.15) is 0 Å². The number of alkyl carbamates (subject to hydrolysis) is 1. The van der Waals surface area contributed by atoms with Gasteiger partial charge in [-0.25, -0.2) is 4.79 Å². The molecule has 1 unspecified atom stereocenters. The first kappa shape index (κ1) is 12.0. The molecule has 1 atom stereocenters. The average Bonchev–Trinajstić information content (AvgIpc) is 2.11. The SMILES string of the molecule is C=CCOC(=O)NCC(C)(O)CC. The predicted octanol–water partition coefficient (Wildman–Crippen LogP) is 1.06. The zero-order valence-electron chi connectivity index (χ0n) is 8.17. The lowest BCUT2D eigenvalue weighted by atomic mass is 10.0. The molecule has 0 aliphatic rings. The highest BCUT2D eigenvalue weighted by molar-refractivity contribution is 5.67. The van der Waals surface area contributed by atoms with Gasteiger partial charge in [0.1, 0.15) is 6.61 Å². The van der Waals surface area contributed by atoms with Crippen molar-refractivity contribution in [3.63, 3.8) is 0 Å². The van der Waals surface area contributed by atoms with Crippen LogP contribution in [0.5, 0.6) is 0 Å². The van der Waals surface area contributed by atoms with Gasteiger partial charge in [0, 0.05) is 6.54 Å². The molecule has 0 aromatic rings. The maximum Gasteiger partial charge on any atom is 0.407 e. The first-order valence-corrected chi connectivity index (χ1v) is 4.25. The third-order valence-electron chi connectivity index (χ3n) is 1.71. The van der Waals surface area contributed by atoms with E-state index in [0.29, 0.717) is 6.42 Å². The summed E-state index contributed by atoms with van der Waals surface area (Å²) < 4.78 is 4.65. The zero-order chi connectivity index (χ0) is 10.3. The second kappa shape index (κ2) is 5.59. The summed E-state index contributed by atoms with van der Waals surface area (Å²) in [5.74, 6) is 0. The number of rotatable bonds is 5. The number of ether oxygens (including phenoxy) is 1. The molecule has 0 aromatic carbocycles. The zero-order valence-corrected chi connectivity index (χ0v) is 8.17. The third kappa shape index (κ3) is 6.16. The Kier molecular flexibility index (Phi) is 5.14. The molecular formula is C9H17NO3. The van der Waals surface area contributed by atoms with Crippen LogP contribution in [-0.4, -0.2) is 30.0 Å². The summed E-state index contributed by atoms with van der Waals surface area (Å²) >= 11 is 0. The van der Waals surface area contributed by atoms with E-state index < -0.39 is 11.7 Å². The summed E-state index contributed by atoms with van der Waals surface area (Å²) in [6, 6.07) is 0. The molecule has 4 heteroatoms. The standard InChI is InChI=1S/C9H17NO3/c1-4-6-13-8(11)10-7-9(3,12)5-2/h4,12H,1,5-7H2,2-3H3,(H,10,11). The van der Waals surface area contributed by atoms with Gasteiger partial charge in [-0.1, -0.05) is 19.6 Å². The van der Waals surface area contributed by atoms with E-state index in [2.05, 4.69) is 16.6 Å². The lowest BCUT2D eigenvalue weighted by molar-refractivity contribution is 0.0535. The van der Waals surface area contributed by atoms with Crippen LogP contribution in [0.2, 0.25) is 0 Å². The highest BCUT2D eigenvalue weighted by Gasteiger charge is 2.18. The number of hydrogen-bond acceptors (Lipinski definition) is 3. The molecule has 0 rings (SSSR count). The quantitative estimate of drug-likeness (QED) is 0.633. The van der Waals surface area contributed by atoms with Gasteiger partial charge < -0.3 is 15.2 Å². The molecule has 76 valence electrons. The molecule has 0 aromatic heterocycles. The Balaban J connectivity index is 3.63. The number of aliphatic hydroxyl groups is 1. The van der Waals surface area contributed by atoms with E-state index in [9.17, 15) is 9.90 Å². The first-order chi connectivity index (χ1) is 6.02. The highest BCUT2D eigenvalue weighted by atomic mass is 16.5. The van der Waals surface area contributed by atoms with Gasteiger partial charge in [-0.3, -0.25) is 0 Å². The number of carbonyl (C=O) groups is 1. The number of hydrogen-bond donors (Lipinski definition) is 2. The number of nitrogens with one attached hydrogen (secondary N) is 1. The van der Waals surface area contributed by atoms with Gasteiger partial charge >= 0.3 is 6.09 Å². The van der Waals surface area contributed by atoms with Crippen molar-refractivity contribution in [2.24, 2.45) is 0 Å². The highest BCUT2D eigenvalue weighted by Crippen LogP contribution is 2.05. The van der Waals surface area contributed by atoms with Crippen molar-refractivity contribution < 1.29 is 14.6 Å². The Bertz CT molecular complexity index is 178. The molecule has 0 radical (unpaired) electrons. The van der Waals surface area contributed by atoms with Crippen LogP contribution in [0.25, 0.3) is 0 Å². The maximum absolute atomic E-state index is 10.9. The second-order valence-electron chi connectivity index (χ2n) is 3.09. The van der Waals surface area contributed by atoms with Crippen LogP contribution in [0.3, 0.4) is 0 Å². The van der Waals surface area contributed by atoms with Crippen LogP contribution >= 0.6 is 0 Å². The van der Waals surface area contributed by atoms with Crippen LogP contribution in [0, 0.1) is 0 Å². The van der Waals surface area contributed by atoms with Crippen molar-refractivity contribution in [2.75, 3.05) is 13.2 Å². The van der Waals surface area contributed by atoms with Crippen LogP contribution in [0.4, 0.5) is 4.79 Å². The van der Waals surface area contributed by atoms with Crippen molar-refractivity contribution in [2.45, 2.75) is 25.9 Å². The topological polar surface area (TPSA) is 58.6 Å². The minimum Gasteiger partial charge on any atom is -0.445 e. The summed E-state index contributed by atoms with van der Waals surface area (Å²) in [7, 11) is 0. The van der Waals surface area contributed by atoms with E-state index in [4.69, 9.17) is 0 Å². The monoisotopic (exact) mass is 187 g/mol. The molecule has 13 heavy (non-hydrogen) atoms. The molecule has 0 fully saturated rings. The molecule has 0 saturated carbocycles. The van der Waals surface area contributed by atoms with Crippen LogP contribution in [-0.2, 0) is 4.74 Å². The molecule has 1 amide bonds. The van der Waals surface area contributed by atoms with Gasteiger partial charge in [0.05, 0.1) is 5.60 Å². The summed E-state index contributed by atoms with van der Waals surface area (Å²) in [4.78, 5) is 10.9. The maximum atomic E-state index is 10.9. The van der Waals surface area contributed by atoms with Crippen LogP contribution < -0.4 is 5.32 Å². The predicted molar refractivity (Wildman–Crippen MR) is 50.5 cm³/mol. The molecule has 4 nitrogen and oxygen atoms in total. The van der Waals surface area contributed by atoms with Crippen molar-refractivity contribution >= 4 is 6.09 Å². The molecule has 0 spiro atoms. The molecule has 0 saturated heterocycles. The summed E-state index contributed by atoms with van der Waals surface area (Å²) in [6.45, 7) is 7.28. The minimum atomic E-state index is -0.868. The molecule has 2 N–H and O–H groups in total. The van der Waals surface area contributed by atoms with E-state index in [1.165, 1.54) is 6.08 Å². The van der Waals surface area contributed by atoms with Gasteiger partial charge in [0.2, 0.25) is 0 Å². The molecular weight excluding hydrogens is 170 g/mol. The van der Waals surface area contributed by atoms with Crippen molar-refractivity contribution in [1.29, 1.82) is 0 Å². The van der Waals surface area contributed by atoms with E-state index in [1.807, 2.05) is 6.92 Å². The lowest BCUT2D eigenvalue weighted by Gasteiger charge is -2.21. The summed E-state index contributed by atoms with van der Waals surface area (Å²) in [6.07, 6.45) is 1.53. The minimum absolute atomic E-state index is 0.181. The normalized spacial score (nSPS) is 14.4. The molecule has 0 heterocycles. The summed E-state index contributed by atoms with van der Waals surface area (Å²) in [5.41, 5.74) is -0.868. The Hall–Kier alpha value is -1.03. The Morgan fingerprint density at radius 3 is 2.85 bits per heavy atom. The molecule has 0 bridgehead atoms. The Morgan fingerprint density at radius 2 is 2.38 bits per heavy atom. The van der Waals surface area contributed by atoms with Crippen LogP contribution in [0.1, 0.15) is 20.3 Å². The van der Waals surface area contributed by atoms with Crippen molar-refractivity contribution in [3.8, 4) is 0 Å². The summed E-state index contributed by atoms with van der Waals surface area (Å²) in [5, 5.41) is 12.0. The smallest absolute Gasteiger partial charge is 0.407 e. The van der Waals surface area contributed by atoms with E-state index in [-0.39, 0.29) is 13.2 Å². The fourth-order valence-electron chi connectivity index (χ4n) is 0.573. The van der Waals surface area contributed by atoms with E-state index in [0.717, 1.165) is 0 Å².